The molecule has 0 unspecified atom stereocenters. The Balaban J connectivity index is 0.000000145. The van der Waals surface area contributed by atoms with Crippen LogP contribution in [0, 0.1) is 3.70 Å². The number of carbonyl (C=O) groups is 2. The smallest absolute Gasteiger partial charge is 0.359 e. The Kier molecular flexibility index (Phi) is 8.32. The number of esters is 1. The number of halogens is 4. The molecule has 4 aliphatic heterocycles. The summed E-state index contributed by atoms with van der Waals surface area (Å²) in [5.74, 6) is 2.02. The average Bonchev–Trinajstić information content (AvgIpc) is 3.37. The topological polar surface area (TPSA) is 105 Å². The second kappa shape index (κ2) is 12.4. The van der Waals surface area contributed by atoms with Gasteiger partial charge in [0.05, 0.1) is 12.8 Å². The predicted octanol–water partition coefficient (Wildman–Crippen LogP) is 9.22. The van der Waals surface area contributed by atoms with Crippen molar-refractivity contribution in [1.29, 1.82) is 0 Å². The van der Waals surface area contributed by atoms with Crippen molar-refractivity contribution < 1.29 is 14.3 Å². The van der Waals surface area contributed by atoms with E-state index in [0.29, 0.717) is 46.8 Å². The van der Waals surface area contributed by atoms with Gasteiger partial charge in [0.1, 0.15) is 21.0 Å². The van der Waals surface area contributed by atoms with Gasteiger partial charge in [-0.2, -0.15) is 0 Å². The Labute approximate surface area is 312 Å². The Morgan fingerprint density at radius 3 is 1.98 bits per heavy atom. The van der Waals surface area contributed by atoms with Gasteiger partial charge in [-0.05, 0) is 107 Å². The minimum absolute atomic E-state index is 0.342. The van der Waals surface area contributed by atoms with Crippen LogP contribution in [0.15, 0.2) is 69.6 Å². The van der Waals surface area contributed by atoms with E-state index in [1.54, 1.807) is 0 Å². The summed E-state index contributed by atoms with van der Waals surface area (Å²) < 4.78 is 12.2. The third-order valence-corrected chi connectivity index (χ3v) is 12.5. The van der Waals surface area contributed by atoms with Gasteiger partial charge in [0.2, 0.25) is 0 Å². The van der Waals surface area contributed by atoms with Gasteiger partial charge in [-0.1, -0.05) is 73.8 Å². The number of ether oxygens (including phenoxy) is 1. The number of hydrogen-bond donors (Lipinski definition) is 1. The maximum absolute atomic E-state index is 12.2. The summed E-state index contributed by atoms with van der Waals surface area (Å²) in [5.41, 5.74) is 13.2. The SMILES string of the molecule is COC(=O)c1nc2n(c1I)C1CC(C1)c1ccc(Br)cc1-2.NC(=O)c1nc2n(c1Cc1ccccc1Cl)C1CC(C1)c1ccc(Br)cc1-2. The summed E-state index contributed by atoms with van der Waals surface area (Å²) in [6.07, 6.45) is 4.90. The molecule has 1 amide bonds. The largest absolute Gasteiger partial charge is 0.464 e. The fourth-order valence-corrected chi connectivity index (χ4v) is 9.55. The van der Waals surface area contributed by atoms with Crippen molar-refractivity contribution in [3.05, 3.63) is 112 Å². The molecule has 2 N–H and O–H groups in total. The van der Waals surface area contributed by atoms with Gasteiger partial charge in [-0.15, -0.1) is 0 Å². The molecule has 12 heteroatoms. The van der Waals surface area contributed by atoms with E-state index in [1.807, 2.05) is 24.3 Å². The van der Waals surface area contributed by atoms with Gasteiger partial charge >= 0.3 is 5.97 Å². The number of primary amides is 1. The highest BCUT2D eigenvalue weighted by molar-refractivity contribution is 14.1. The van der Waals surface area contributed by atoms with E-state index < -0.39 is 5.91 Å². The molecule has 0 spiro atoms. The molecule has 2 aromatic heterocycles. The van der Waals surface area contributed by atoms with Crippen LogP contribution in [0.25, 0.3) is 22.8 Å². The first-order chi connectivity index (χ1) is 23.1. The quantitative estimate of drug-likeness (QED) is 0.143. The molecule has 244 valence electrons. The summed E-state index contributed by atoms with van der Waals surface area (Å²) in [6.45, 7) is 0. The zero-order valence-corrected chi connectivity index (χ0v) is 31.8. The second-order valence-corrected chi connectivity index (χ2v) is 16.0. The standard InChI is InChI=1S/C21H17BrClN3O.C15H12BrIN2O2/c22-13-5-6-15-12-7-14(8-12)26-18(9-11-3-1-2-4-17(11)23)19(20(24)27)25-21(26)16(15)10-13;1-21-15(20)12-13(17)19-9-4-7(5-9)10-3-2-8(16)6-11(10)14(19)18-12/h1-6,10,12,14H,7-9H2,(H2,24,27);2-3,6-7,9H,4-5H2,1H3. The molecular weight excluding hydrogens is 873 g/mol. The maximum Gasteiger partial charge on any atom is 0.359 e. The lowest BCUT2D eigenvalue weighted by Gasteiger charge is -2.35. The minimum Gasteiger partial charge on any atom is -0.464 e. The van der Waals surface area contributed by atoms with Crippen LogP contribution in [-0.4, -0.2) is 38.1 Å². The maximum atomic E-state index is 12.2. The number of benzene rings is 3. The number of amides is 1. The van der Waals surface area contributed by atoms with E-state index in [9.17, 15) is 9.59 Å². The Morgan fingerprint density at radius 2 is 1.42 bits per heavy atom. The average molecular weight is 902 g/mol. The summed E-state index contributed by atoms with van der Waals surface area (Å²) in [6, 6.07) is 21.2. The number of aromatic nitrogens is 4. The molecule has 48 heavy (non-hydrogen) atoms. The lowest BCUT2D eigenvalue weighted by Crippen LogP contribution is -2.25. The van der Waals surface area contributed by atoms with Crippen LogP contribution in [0.3, 0.4) is 0 Å². The monoisotopic (exact) mass is 899 g/mol. The molecule has 8 nitrogen and oxygen atoms in total. The van der Waals surface area contributed by atoms with Gasteiger partial charge < -0.3 is 19.6 Å². The van der Waals surface area contributed by atoms with Gasteiger partial charge in [-0.3, -0.25) is 4.79 Å². The number of carbonyl (C=O) groups excluding carboxylic acids is 2. The molecule has 11 rings (SSSR count). The third-order valence-electron chi connectivity index (χ3n) is 10.1. The van der Waals surface area contributed by atoms with Crippen molar-refractivity contribution in [2.75, 3.05) is 7.11 Å². The third kappa shape index (κ3) is 5.27. The molecule has 2 fully saturated rings. The second-order valence-electron chi connectivity index (χ2n) is 12.8. The van der Waals surface area contributed by atoms with Crippen LogP contribution in [0.5, 0.6) is 0 Å². The number of rotatable bonds is 4. The number of nitrogens with zero attached hydrogens (tertiary/aromatic N) is 4. The molecule has 6 heterocycles. The Morgan fingerprint density at radius 1 is 0.875 bits per heavy atom. The molecule has 2 aliphatic carbocycles. The molecule has 5 aromatic rings. The van der Waals surface area contributed by atoms with Gasteiger partial charge in [-0.25, -0.2) is 14.8 Å². The summed E-state index contributed by atoms with van der Waals surface area (Å²) >= 11 is 15.7. The zero-order valence-electron chi connectivity index (χ0n) is 25.7. The first-order valence-electron chi connectivity index (χ1n) is 15.7. The van der Waals surface area contributed by atoms with Crippen LogP contribution < -0.4 is 5.73 Å². The molecule has 0 saturated heterocycles. The highest BCUT2D eigenvalue weighted by Gasteiger charge is 2.42. The predicted molar refractivity (Wildman–Crippen MR) is 200 cm³/mol. The van der Waals surface area contributed by atoms with Crippen molar-refractivity contribution >= 4 is 77.9 Å². The van der Waals surface area contributed by atoms with Crippen molar-refractivity contribution in [3.8, 4) is 22.8 Å². The zero-order chi connectivity index (χ0) is 33.4. The van der Waals surface area contributed by atoms with Gasteiger partial charge in [0.15, 0.2) is 5.69 Å². The fraction of sp³-hybridized carbons (Fsp3) is 0.278. The number of hydrogen-bond acceptors (Lipinski definition) is 5. The number of nitrogens with two attached hydrogens (primary N) is 1. The number of imidazole rings is 2. The molecule has 3 aromatic carbocycles. The van der Waals surface area contributed by atoms with Crippen LogP contribution in [-0.2, 0) is 11.2 Å². The minimum atomic E-state index is -0.495. The number of methoxy groups -OCH3 is 1. The molecule has 6 aliphatic rings. The van der Waals surface area contributed by atoms with Gasteiger partial charge in [0, 0.05) is 43.6 Å². The summed E-state index contributed by atoms with van der Waals surface area (Å²) in [4.78, 5) is 33.4. The Bertz CT molecular complexity index is 2150. The van der Waals surface area contributed by atoms with E-state index in [1.165, 1.54) is 18.2 Å². The van der Waals surface area contributed by atoms with Gasteiger partial charge in [0.25, 0.3) is 5.91 Å². The lowest BCUT2D eigenvalue weighted by atomic mass is 9.75. The Hall–Kier alpha value is -3.00. The van der Waals surface area contributed by atoms with Crippen molar-refractivity contribution in [2.45, 2.75) is 56.0 Å². The molecule has 0 radical (unpaired) electrons. The highest BCUT2D eigenvalue weighted by atomic mass is 127. The molecular formula is C36H29Br2ClIN5O3. The molecule has 0 atom stereocenters. The fourth-order valence-electron chi connectivity index (χ4n) is 7.66. The van der Waals surface area contributed by atoms with Crippen molar-refractivity contribution in [1.82, 2.24) is 19.1 Å². The lowest BCUT2D eigenvalue weighted by molar-refractivity contribution is 0.0592. The van der Waals surface area contributed by atoms with Crippen molar-refractivity contribution in [3.63, 3.8) is 0 Å². The summed E-state index contributed by atoms with van der Waals surface area (Å²) in [5, 5.41) is 0.687. The van der Waals surface area contributed by atoms with Crippen LogP contribution in [0.2, 0.25) is 5.02 Å². The normalized spacial score (nSPS) is 20.6. The van der Waals surface area contributed by atoms with E-state index >= 15 is 0 Å². The van der Waals surface area contributed by atoms with E-state index in [0.717, 1.165) is 72.4 Å². The van der Waals surface area contributed by atoms with Crippen LogP contribution >= 0.6 is 66.1 Å². The van der Waals surface area contributed by atoms with Crippen LogP contribution in [0.1, 0.15) is 93.0 Å². The van der Waals surface area contributed by atoms with E-state index in [-0.39, 0.29) is 5.97 Å². The van der Waals surface area contributed by atoms with E-state index in [2.05, 4.69) is 105 Å². The molecule has 4 bridgehead atoms. The van der Waals surface area contributed by atoms with Crippen LogP contribution in [0.4, 0.5) is 0 Å². The van der Waals surface area contributed by atoms with E-state index in [4.69, 9.17) is 27.1 Å². The summed E-state index contributed by atoms with van der Waals surface area (Å²) in [7, 11) is 1.40. The highest BCUT2D eigenvalue weighted by Crippen LogP contribution is 2.54. The van der Waals surface area contributed by atoms with Crippen molar-refractivity contribution in [2.24, 2.45) is 5.73 Å². The first-order valence-corrected chi connectivity index (χ1v) is 18.8. The molecule has 2 saturated carbocycles. The first kappa shape index (κ1) is 32.2.